The van der Waals surface area contributed by atoms with E-state index in [2.05, 4.69) is 34.1 Å². The number of halogens is 1. The van der Waals surface area contributed by atoms with Crippen molar-refractivity contribution < 1.29 is 9.18 Å². The molecule has 0 aliphatic carbocycles. The molecule has 0 atom stereocenters. The second-order valence-corrected chi connectivity index (χ2v) is 8.00. The molecule has 1 aromatic carbocycles. The molecule has 1 fully saturated rings. The van der Waals surface area contributed by atoms with Gasteiger partial charge in [-0.1, -0.05) is 24.3 Å². The summed E-state index contributed by atoms with van der Waals surface area (Å²) in [4.78, 5) is 19.5. The number of rotatable bonds is 7. The van der Waals surface area contributed by atoms with E-state index >= 15 is 0 Å². The van der Waals surface area contributed by atoms with Crippen molar-refractivity contribution in [3.05, 3.63) is 65.2 Å². The first-order chi connectivity index (χ1) is 13.5. The van der Waals surface area contributed by atoms with Crippen LogP contribution in [0.4, 0.5) is 4.39 Å². The molecular formula is C23H30FN3O. The Balaban J connectivity index is 1.43. The van der Waals surface area contributed by atoms with E-state index in [0.29, 0.717) is 18.9 Å². The van der Waals surface area contributed by atoms with Crippen LogP contribution < -0.4 is 0 Å². The molecule has 0 bridgehead atoms. The van der Waals surface area contributed by atoms with Crippen molar-refractivity contribution in [1.82, 2.24) is 14.8 Å². The Morgan fingerprint density at radius 1 is 1.14 bits per heavy atom. The first kappa shape index (κ1) is 20.5. The summed E-state index contributed by atoms with van der Waals surface area (Å²) in [6.45, 7) is 2.69. The Morgan fingerprint density at radius 3 is 2.46 bits per heavy atom. The summed E-state index contributed by atoms with van der Waals surface area (Å²) >= 11 is 0. The molecule has 1 saturated heterocycles. The minimum absolute atomic E-state index is 0.169. The molecule has 3 rings (SSSR count). The molecule has 1 amide bonds. The molecule has 0 spiro atoms. The van der Waals surface area contributed by atoms with Crippen molar-refractivity contribution in [2.45, 2.75) is 38.6 Å². The van der Waals surface area contributed by atoms with E-state index in [1.54, 1.807) is 31.3 Å². The van der Waals surface area contributed by atoms with E-state index in [-0.39, 0.29) is 11.7 Å². The standard InChI is InChI=1S/C23H30FN3O/c1-26(2)23(28)8-7-18-3-5-19(6-4-18)15-20-10-13-27(14-11-20)17-21-9-12-25-16-22(21)24/h3-6,9,12,16,20H,7-8,10-11,13-15,17H2,1-2H3. The van der Waals surface area contributed by atoms with Crippen LogP contribution in [0.25, 0.3) is 0 Å². The molecule has 4 nitrogen and oxygen atoms in total. The number of aromatic nitrogens is 1. The molecule has 0 radical (unpaired) electrons. The SMILES string of the molecule is CN(C)C(=O)CCc1ccc(CC2CCN(Cc3ccncc3F)CC2)cc1. The van der Waals surface area contributed by atoms with Gasteiger partial charge in [0.25, 0.3) is 0 Å². The van der Waals surface area contributed by atoms with Gasteiger partial charge >= 0.3 is 0 Å². The van der Waals surface area contributed by atoms with Gasteiger partial charge in [-0.05, 0) is 61.9 Å². The summed E-state index contributed by atoms with van der Waals surface area (Å²) in [5, 5.41) is 0. The van der Waals surface area contributed by atoms with Crippen LogP contribution in [0.1, 0.15) is 36.0 Å². The number of nitrogens with zero attached hydrogens (tertiary/aromatic N) is 3. The molecule has 5 heteroatoms. The molecule has 2 heterocycles. The third kappa shape index (κ3) is 5.86. The topological polar surface area (TPSA) is 36.4 Å². The Labute approximate surface area is 167 Å². The van der Waals surface area contributed by atoms with Crippen molar-refractivity contribution >= 4 is 5.91 Å². The molecule has 150 valence electrons. The number of carbonyl (C=O) groups is 1. The van der Waals surface area contributed by atoms with E-state index in [9.17, 15) is 9.18 Å². The summed E-state index contributed by atoms with van der Waals surface area (Å²) in [5.74, 6) is 0.638. The Kier molecular flexibility index (Phi) is 7.15. The van der Waals surface area contributed by atoms with Gasteiger partial charge in [-0.15, -0.1) is 0 Å². The van der Waals surface area contributed by atoms with Crippen molar-refractivity contribution in [3.63, 3.8) is 0 Å². The summed E-state index contributed by atoms with van der Waals surface area (Å²) in [5.41, 5.74) is 3.31. The number of likely N-dealkylation sites (tertiary alicyclic amines) is 1. The summed E-state index contributed by atoms with van der Waals surface area (Å²) in [6.07, 6.45) is 7.68. The van der Waals surface area contributed by atoms with Crippen LogP contribution in [0.5, 0.6) is 0 Å². The zero-order valence-corrected chi connectivity index (χ0v) is 16.9. The number of benzene rings is 1. The molecule has 2 aromatic rings. The normalized spacial score (nSPS) is 15.5. The molecule has 1 aliphatic heterocycles. The highest BCUT2D eigenvalue weighted by Gasteiger charge is 2.20. The number of hydrogen-bond donors (Lipinski definition) is 0. The van der Waals surface area contributed by atoms with E-state index in [1.807, 2.05) is 0 Å². The van der Waals surface area contributed by atoms with E-state index in [1.165, 1.54) is 17.3 Å². The largest absolute Gasteiger partial charge is 0.349 e. The maximum absolute atomic E-state index is 13.8. The smallest absolute Gasteiger partial charge is 0.222 e. The Hall–Kier alpha value is -2.27. The van der Waals surface area contributed by atoms with Crippen molar-refractivity contribution in [3.8, 4) is 0 Å². The number of hydrogen-bond acceptors (Lipinski definition) is 3. The number of aryl methyl sites for hydroxylation is 1. The maximum Gasteiger partial charge on any atom is 0.222 e. The van der Waals surface area contributed by atoms with Crippen LogP contribution in [0.3, 0.4) is 0 Å². The zero-order chi connectivity index (χ0) is 19.9. The van der Waals surface area contributed by atoms with Crippen LogP contribution in [-0.4, -0.2) is 47.9 Å². The van der Waals surface area contributed by atoms with Crippen molar-refractivity contribution in [2.24, 2.45) is 5.92 Å². The van der Waals surface area contributed by atoms with Gasteiger partial charge in [-0.2, -0.15) is 0 Å². The summed E-state index contributed by atoms with van der Waals surface area (Å²) in [7, 11) is 3.59. The molecular weight excluding hydrogens is 353 g/mol. The molecule has 0 saturated carbocycles. The first-order valence-electron chi connectivity index (χ1n) is 10.1. The third-order valence-electron chi connectivity index (χ3n) is 5.63. The lowest BCUT2D eigenvalue weighted by atomic mass is 9.89. The van der Waals surface area contributed by atoms with E-state index < -0.39 is 0 Å². The Bertz CT molecular complexity index is 768. The highest BCUT2D eigenvalue weighted by atomic mass is 19.1. The van der Waals surface area contributed by atoms with Gasteiger partial charge < -0.3 is 4.90 Å². The fourth-order valence-corrected chi connectivity index (χ4v) is 3.77. The highest BCUT2D eigenvalue weighted by Crippen LogP contribution is 2.23. The van der Waals surface area contributed by atoms with Crippen LogP contribution >= 0.6 is 0 Å². The molecule has 1 aromatic heterocycles. The van der Waals surface area contributed by atoms with Gasteiger partial charge in [-0.3, -0.25) is 14.7 Å². The van der Waals surface area contributed by atoms with E-state index in [4.69, 9.17) is 0 Å². The van der Waals surface area contributed by atoms with Crippen LogP contribution in [0.2, 0.25) is 0 Å². The second kappa shape index (κ2) is 9.78. The third-order valence-corrected chi connectivity index (χ3v) is 5.63. The molecule has 0 N–H and O–H groups in total. The summed E-state index contributed by atoms with van der Waals surface area (Å²) < 4.78 is 13.8. The monoisotopic (exact) mass is 383 g/mol. The van der Waals surface area contributed by atoms with Gasteiger partial charge in [0.05, 0.1) is 6.20 Å². The van der Waals surface area contributed by atoms with Crippen LogP contribution in [-0.2, 0) is 24.2 Å². The lowest BCUT2D eigenvalue weighted by Gasteiger charge is -2.32. The fraction of sp³-hybridized carbons (Fsp3) is 0.478. The minimum atomic E-state index is -0.211. The van der Waals surface area contributed by atoms with Gasteiger partial charge in [0.2, 0.25) is 5.91 Å². The first-order valence-corrected chi connectivity index (χ1v) is 10.1. The van der Waals surface area contributed by atoms with Crippen LogP contribution in [0.15, 0.2) is 42.7 Å². The quantitative estimate of drug-likeness (QED) is 0.732. The Morgan fingerprint density at radius 2 is 1.82 bits per heavy atom. The number of piperidine rings is 1. The van der Waals surface area contributed by atoms with Gasteiger partial charge in [-0.25, -0.2) is 4.39 Å². The zero-order valence-electron chi connectivity index (χ0n) is 16.9. The van der Waals surface area contributed by atoms with E-state index in [0.717, 1.165) is 44.3 Å². The number of pyridine rings is 1. The number of amides is 1. The average Bonchev–Trinajstić information content (AvgIpc) is 2.70. The van der Waals surface area contributed by atoms with Crippen LogP contribution in [0, 0.1) is 11.7 Å². The van der Waals surface area contributed by atoms with Crippen molar-refractivity contribution in [2.75, 3.05) is 27.2 Å². The van der Waals surface area contributed by atoms with Gasteiger partial charge in [0.15, 0.2) is 0 Å². The lowest BCUT2D eigenvalue weighted by Crippen LogP contribution is -2.34. The second-order valence-electron chi connectivity index (χ2n) is 8.00. The summed E-state index contributed by atoms with van der Waals surface area (Å²) in [6, 6.07) is 10.5. The predicted octanol–water partition coefficient (Wildman–Crippen LogP) is 3.70. The maximum atomic E-state index is 13.8. The molecule has 0 unspecified atom stereocenters. The number of carbonyl (C=O) groups excluding carboxylic acids is 1. The average molecular weight is 384 g/mol. The lowest BCUT2D eigenvalue weighted by molar-refractivity contribution is -0.128. The molecule has 1 aliphatic rings. The van der Waals surface area contributed by atoms with Gasteiger partial charge in [0.1, 0.15) is 5.82 Å². The van der Waals surface area contributed by atoms with Crippen molar-refractivity contribution in [1.29, 1.82) is 0 Å². The van der Waals surface area contributed by atoms with Gasteiger partial charge in [0, 0.05) is 38.8 Å². The highest BCUT2D eigenvalue weighted by molar-refractivity contribution is 5.75. The minimum Gasteiger partial charge on any atom is -0.349 e. The molecule has 28 heavy (non-hydrogen) atoms. The fourth-order valence-electron chi connectivity index (χ4n) is 3.77. The predicted molar refractivity (Wildman–Crippen MR) is 109 cm³/mol.